The average Bonchev–Trinajstić information content (AvgIpc) is 2.46. The van der Waals surface area contributed by atoms with Gasteiger partial charge in [-0.3, -0.25) is 0 Å². The maximum absolute atomic E-state index is 11.4. The van der Waals surface area contributed by atoms with E-state index in [0.29, 0.717) is 12.0 Å². The van der Waals surface area contributed by atoms with Crippen molar-refractivity contribution < 1.29 is 14.6 Å². The van der Waals surface area contributed by atoms with Crippen molar-refractivity contribution in [2.75, 3.05) is 0 Å². The van der Waals surface area contributed by atoms with Crippen LogP contribution in [0.1, 0.15) is 25.8 Å². The van der Waals surface area contributed by atoms with Gasteiger partial charge in [-0.25, -0.2) is 4.79 Å². The van der Waals surface area contributed by atoms with Crippen LogP contribution in [-0.2, 0) is 4.79 Å². The highest BCUT2D eigenvalue weighted by atomic mass is 16.5. The van der Waals surface area contributed by atoms with E-state index in [9.17, 15) is 9.90 Å². The molecule has 1 N–H and O–H groups in total. The molecule has 0 unspecified atom stereocenters. The third-order valence-electron chi connectivity index (χ3n) is 3.47. The number of para-hydroxylation sites is 1. The van der Waals surface area contributed by atoms with Crippen LogP contribution in [0.25, 0.3) is 0 Å². The number of benzene rings is 1. The molecule has 0 saturated heterocycles. The van der Waals surface area contributed by atoms with E-state index in [1.165, 1.54) is 0 Å². The molecule has 0 atom stereocenters. The number of aryl methyl sites for hydroxylation is 1. The van der Waals surface area contributed by atoms with Crippen LogP contribution in [-0.4, -0.2) is 11.1 Å². The number of hydrogen-bond donors (Lipinski definition) is 1. The van der Waals surface area contributed by atoms with Crippen LogP contribution >= 0.6 is 0 Å². The molecule has 0 fully saturated rings. The number of allylic oxidation sites excluding steroid dienone is 5. The minimum absolute atomic E-state index is 0.381. The molecule has 114 valence electrons. The minimum Gasteiger partial charge on any atom is -0.478 e. The number of aliphatic carboxylic acids is 1. The SMILES string of the molecule is CC(C)=C(C(=O)O)C1=CC=CC(=COc2ccccc2C)C1. The normalized spacial score (nSPS) is 15.4. The molecule has 1 aliphatic carbocycles. The zero-order chi connectivity index (χ0) is 16.1. The number of carbonyl (C=O) groups is 1. The molecule has 0 amide bonds. The van der Waals surface area contributed by atoms with Gasteiger partial charge in [-0.2, -0.15) is 0 Å². The number of ether oxygens (including phenoxy) is 1. The van der Waals surface area contributed by atoms with Crippen LogP contribution in [0.5, 0.6) is 5.75 Å². The Balaban J connectivity index is 2.17. The molecule has 1 aliphatic rings. The second-order valence-corrected chi connectivity index (χ2v) is 5.48. The van der Waals surface area contributed by atoms with Crippen molar-refractivity contribution in [3.63, 3.8) is 0 Å². The lowest BCUT2D eigenvalue weighted by atomic mass is 9.92. The molecule has 2 rings (SSSR count). The molecular weight excluding hydrogens is 276 g/mol. The fourth-order valence-corrected chi connectivity index (χ4v) is 2.38. The minimum atomic E-state index is -0.888. The Morgan fingerprint density at radius 2 is 2.00 bits per heavy atom. The number of carboxylic acid groups (broad SMARTS) is 1. The van der Waals surface area contributed by atoms with Gasteiger partial charge in [0.05, 0.1) is 11.8 Å². The van der Waals surface area contributed by atoms with Gasteiger partial charge in [-0.15, -0.1) is 0 Å². The van der Waals surface area contributed by atoms with Gasteiger partial charge in [0.2, 0.25) is 0 Å². The van der Waals surface area contributed by atoms with Crippen molar-refractivity contribution >= 4 is 5.97 Å². The van der Waals surface area contributed by atoms with Crippen molar-refractivity contribution in [3.8, 4) is 5.75 Å². The molecule has 22 heavy (non-hydrogen) atoms. The van der Waals surface area contributed by atoms with E-state index >= 15 is 0 Å². The first-order valence-electron chi connectivity index (χ1n) is 7.18. The van der Waals surface area contributed by atoms with Gasteiger partial charge >= 0.3 is 5.97 Å². The van der Waals surface area contributed by atoms with Gasteiger partial charge in [0.1, 0.15) is 5.75 Å². The highest BCUT2D eigenvalue weighted by Crippen LogP contribution is 2.27. The molecule has 0 aromatic heterocycles. The Morgan fingerprint density at radius 1 is 1.27 bits per heavy atom. The van der Waals surface area contributed by atoms with Crippen LogP contribution in [0, 0.1) is 6.92 Å². The first kappa shape index (κ1) is 15.8. The fourth-order valence-electron chi connectivity index (χ4n) is 2.38. The van der Waals surface area contributed by atoms with Gasteiger partial charge in [-0.1, -0.05) is 42.0 Å². The Morgan fingerprint density at radius 3 is 2.64 bits per heavy atom. The Kier molecular flexibility index (Phi) is 4.99. The number of rotatable bonds is 4. The van der Waals surface area contributed by atoms with Crippen molar-refractivity contribution in [1.82, 2.24) is 0 Å². The molecule has 0 bridgehead atoms. The Labute approximate surface area is 130 Å². The number of carboxylic acids is 1. The molecule has 0 spiro atoms. The third kappa shape index (κ3) is 3.76. The summed E-state index contributed by atoms with van der Waals surface area (Å²) in [6.07, 6.45) is 7.89. The van der Waals surface area contributed by atoms with Crippen LogP contribution in [0.15, 0.2) is 71.0 Å². The lowest BCUT2D eigenvalue weighted by molar-refractivity contribution is -0.132. The monoisotopic (exact) mass is 296 g/mol. The Hall–Kier alpha value is -2.55. The van der Waals surface area contributed by atoms with E-state index in [0.717, 1.165) is 28.0 Å². The van der Waals surface area contributed by atoms with Gasteiger partial charge in [0, 0.05) is 6.42 Å². The second kappa shape index (κ2) is 6.94. The summed E-state index contributed by atoms with van der Waals surface area (Å²) in [5, 5.41) is 9.35. The van der Waals surface area contributed by atoms with E-state index in [2.05, 4.69) is 0 Å². The summed E-state index contributed by atoms with van der Waals surface area (Å²) in [7, 11) is 0. The molecular formula is C19H20O3. The van der Waals surface area contributed by atoms with Gasteiger partial charge in [0.25, 0.3) is 0 Å². The second-order valence-electron chi connectivity index (χ2n) is 5.48. The lowest BCUT2D eigenvalue weighted by Gasteiger charge is -2.14. The van der Waals surface area contributed by atoms with Crippen molar-refractivity contribution in [1.29, 1.82) is 0 Å². The molecule has 0 radical (unpaired) electrons. The molecule has 0 saturated carbocycles. The topological polar surface area (TPSA) is 46.5 Å². The predicted molar refractivity (Wildman–Crippen MR) is 87.7 cm³/mol. The summed E-state index contributed by atoms with van der Waals surface area (Å²) in [6, 6.07) is 7.79. The highest BCUT2D eigenvalue weighted by Gasteiger charge is 2.17. The van der Waals surface area contributed by atoms with Crippen LogP contribution < -0.4 is 4.74 Å². The Bertz CT molecular complexity index is 699. The third-order valence-corrected chi connectivity index (χ3v) is 3.47. The zero-order valence-electron chi connectivity index (χ0n) is 13.1. The van der Waals surface area contributed by atoms with Crippen molar-refractivity contribution in [3.05, 3.63) is 76.6 Å². The van der Waals surface area contributed by atoms with E-state index in [-0.39, 0.29) is 0 Å². The largest absolute Gasteiger partial charge is 0.478 e. The summed E-state index contributed by atoms with van der Waals surface area (Å²) in [5.74, 6) is -0.0825. The highest BCUT2D eigenvalue weighted by molar-refractivity contribution is 5.93. The zero-order valence-corrected chi connectivity index (χ0v) is 13.1. The standard InChI is InChI=1S/C19H20O3/c1-13(2)18(19(20)21)16-9-6-8-15(11-16)12-22-17-10-5-4-7-14(17)3/h4-10,12H,11H2,1-3H3,(H,20,21). The van der Waals surface area contributed by atoms with Gasteiger partial charge in [0.15, 0.2) is 0 Å². The van der Waals surface area contributed by atoms with E-state index in [1.54, 1.807) is 6.26 Å². The van der Waals surface area contributed by atoms with Crippen LogP contribution in [0.4, 0.5) is 0 Å². The molecule has 3 nitrogen and oxygen atoms in total. The summed E-state index contributed by atoms with van der Waals surface area (Å²) in [5.41, 5.74) is 3.99. The molecule has 1 aromatic rings. The van der Waals surface area contributed by atoms with Crippen LogP contribution in [0.2, 0.25) is 0 Å². The van der Waals surface area contributed by atoms with Gasteiger partial charge < -0.3 is 9.84 Å². The number of hydrogen-bond acceptors (Lipinski definition) is 2. The van der Waals surface area contributed by atoms with E-state index in [1.807, 2.05) is 63.3 Å². The molecule has 3 heteroatoms. The quantitative estimate of drug-likeness (QED) is 0.654. The molecule has 0 heterocycles. The summed E-state index contributed by atoms with van der Waals surface area (Å²) < 4.78 is 5.72. The lowest BCUT2D eigenvalue weighted by Crippen LogP contribution is -2.08. The van der Waals surface area contributed by atoms with E-state index in [4.69, 9.17) is 4.74 Å². The van der Waals surface area contributed by atoms with Crippen LogP contribution in [0.3, 0.4) is 0 Å². The maximum Gasteiger partial charge on any atom is 0.335 e. The molecule has 0 aliphatic heterocycles. The van der Waals surface area contributed by atoms with Crippen molar-refractivity contribution in [2.45, 2.75) is 27.2 Å². The van der Waals surface area contributed by atoms with Crippen molar-refractivity contribution in [2.24, 2.45) is 0 Å². The first-order valence-corrected chi connectivity index (χ1v) is 7.18. The first-order chi connectivity index (χ1) is 10.5. The summed E-state index contributed by atoms with van der Waals surface area (Å²) in [4.78, 5) is 11.4. The summed E-state index contributed by atoms with van der Waals surface area (Å²) in [6.45, 7) is 5.62. The maximum atomic E-state index is 11.4. The average molecular weight is 296 g/mol. The van der Waals surface area contributed by atoms with E-state index < -0.39 is 5.97 Å². The smallest absolute Gasteiger partial charge is 0.335 e. The summed E-state index contributed by atoms with van der Waals surface area (Å²) >= 11 is 0. The fraction of sp³-hybridized carbons (Fsp3) is 0.211. The van der Waals surface area contributed by atoms with Gasteiger partial charge in [-0.05, 0) is 43.5 Å². The molecule has 1 aromatic carbocycles. The predicted octanol–water partition coefficient (Wildman–Crippen LogP) is 4.57.